The lowest BCUT2D eigenvalue weighted by molar-refractivity contribution is -0.111. The van der Waals surface area contributed by atoms with E-state index >= 15 is 0 Å². The summed E-state index contributed by atoms with van der Waals surface area (Å²) in [5.41, 5.74) is -0.946. The van der Waals surface area contributed by atoms with Crippen molar-refractivity contribution in [1.82, 2.24) is 0 Å². The van der Waals surface area contributed by atoms with Crippen LogP contribution in [0.2, 0.25) is 0 Å². The quantitative estimate of drug-likeness (QED) is 0.506. The van der Waals surface area contributed by atoms with Crippen molar-refractivity contribution in [1.29, 1.82) is 0 Å². The van der Waals surface area contributed by atoms with Gasteiger partial charge in [-0.1, -0.05) is 0 Å². The molecule has 0 aromatic rings. The normalized spacial score (nSPS) is 36.7. The van der Waals surface area contributed by atoms with Crippen LogP contribution < -0.4 is 0 Å². The Labute approximate surface area is 54.3 Å². The molecule has 0 aliphatic carbocycles. The van der Waals surface area contributed by atoms with Crippen LogP contribution in [-0.2, 0) is 4.74 Å². The summed E-state index contributed by atoms with van der Waals surface area (Å²) in [6.45, 7) is 0.804. The molecule has 0 amide bonds. The highest BCUT2D eigenvalue weighted by Crippen LogP contribution is 2.17. The van der Waals surface area contributed by atoms with Crippen molar-refractivity contribution in [3.8, 4) is 0 Å². The summed E-state index contributed by atoms with van der Waals surface area (Å²) in [7, 11) is 0. The number of hydrogen-bond donors (Lipinski definition) is 2. The zero-order valence-electron chi connectivity index (χ0n) is 5.34. The molecule has 1 aliphatic heterocycles. The van der Waals surface area contributed by atoms with E-state index in [1.807, 2.05) is 0 Å². The Morgan fingerprint density at radius 1 is 1.56 bits per heavy atom. The average molecular weight is 132 g/mol. The molecule has 1 atom stereocenters. The molecule has 0 radical (unpaired) electrons. The van der Waals surface area contributed by atoms with Gasteiger partial charge in [-0.3, -0.25) is 0 Å². The molecule has 3 heteroatoms. The number of ether oxygens (including phenoxy) is 1. The lowest BCUT2D eigenvalue weighted by Gasteiger charge is -2.29. The first-order valence-electron chi connectivity index (χ1n) is 3.18. The fourth-order valence-electron chi connectivity index (χ4n) is 0.962. The van der Waals surface area contributed by atoms with E-state index in [9.17, 15) is 5.11 Å². The molecule has 3 nitrogen and oxygen atoms in total. The van der Waals surface area contributed by atoms with E-state index in [1.54, 1.807) is 0 Å². The number of hydrogen-bond acceptors (Lipinski definition) is 3. The maximum atomic E-state index is 9.30. The minimum Gasteiger partial charge on any atom is -0.393 e. The van der Waals surface area contributed by atoms with Crippen LogP contribution in [0.15, 0.2) is 0 Å². The molecule has 1 rings (SSSR count). The van der Waals surface area contributed by atoms with Gasteiger partial charge in [0.2, 0.25) is 0 Å². The van der Waals surface area contributed by atoms with Gasteiger partial charge in [0.1, 0.15) is 5.60 Å². The molecule has 1 heterocycles. The number of rotatable bonds is 1. The molecule has 1 aliphatic rings. The predicted molar refractivity (Wildman–Crippen MR) is 32.1 cm³/mol. The third kappa shape index (κ3) is 1.64. The van der Waals surface area contributed by atoms with Crippen LogP contribution >= 0.6 is 0 Å². The summed E-state index contributed by atoms with van der Waals surface area (Å²) < 4.78 is 4.97. The smallest absolute Gasteiger partial charge is 0.111 e. The van der Waals surface area contributed by atoms with Crippen molar-refractivity contribution in [2.75, 3.05) is 19.8 Å². The SMILES string of the molecule is OCC1(O)CCCOC1. The van der Waals surface area contributed by atoms with Gasteiger partial charge in [0.15, 0.2) is 0 Å². The van der Waals surface area contributed by atoms with Crippen molar-refractivity contribution in [2.45, 2.75) is 18.4 Å². The van der Waals surface area contributed by atoms with Gasteiger partial charge < -0.3 is 14.9 Å². The van der Waals surface area contributed by atoms with Crippen molar-refractivity contribution in [2.24, 2.45) is 0 Å². The molecule has 54 valence electrons. The van der Waals surface area contributed by atoms with Crippen LogP contribution in [0.3, 0.4) is 0 Å². The molecule has 9 heavy (non-hydrogen) atoms. The monoisotopic (exact) mass is 132 g/mol. The minimum atomic E-state index is -0.946. The summed E-state index contributed by atoms with van der Waals surface area (Å²) in [5, 5.41) is 17.9. The van der Waals surface area contributed by atoms with Crippen LogP contribution in [0.4, 0.5) is 0 Å². The molecule has 1 saturated heterocycles. The average Bonchev–Trinajstić information content (AvgIpc) is 1.90. The van der Waals surface area contributed by atoms with Crippen LogP contribution in [0, 0.1) is 0 Å². The molecule has 0 aromatic carbocycles. The second-order valence-corrected chi connectivity index (χ2v) is 2.54. The van der Waals surface area contributed by atoms with E-state index in [0.29, 0.717) is 13.0 Å². The Kier molecular flexibility index (Phi) is 2.05. The molecule has 1 unspecified atom stereocenters. The van der Waals surface area contributed by atoms with Gasteiger partial charge in [0.25, 0.3) is 0 Å². The molecule has 0 saturated carbocycles. The highest BCUT2D eigenvalue weighted by Gasteiger charge is 2.28. The second-order valence-electron chi connectivity index (χ2n) is 2.54. The summed E-state index contributed by atoms with van der Waals surface area (Å²) in [4.78, 5) is 0. The summed E-state index contributed by atoms with van der Waals surface area (Å²) in [6, 6.07) is 0. The molecule has 1 fully saturated rings. The first kappa shape index (κ1) is 6.99. The zero-order valence-corrected chi connectivity index (χ0v) is 5.34. The first-order chi connectivity index (χ1) is 4.27. The van der Waals surface area contributed by atoms with Crippen molar-refractivity contribution < 1.29 is 14.9 Å². The highest BCUT2D eigenvalue weighted by molar-refractivity contribution is 4.79. The van der Waals surface area contributed by atoms with Gasteiger partial charge in [-0.05, 0) is 12.8 Å². The Hall–Kier alpha value is -0.120. The zero-order chi connectivity index (χ0) is 6.74. The largest absolute Gasteiger partial charge is 0.393 e. The molecule has 2 N–H and O–H groups in total. The summed E-state index contributed by atoms with van der Waals surface area (Å²) >= 11 is 0. The van der Waals surface area contributed by atoms with Crippen LogP contribution in [0.5, 0.6) is 0 Å². The number of aliphatic hydroxyl groups is 2. The van der Waals surface area contributed by atoms with Gasteiger partial charge in [-0.2, -0.15) is 0 Å². The van der Waals surface area contributed by atoms with E-state index in [-0.39, 0.29) is 13.2 Å². The van der Waals surface area contributed by atoms with Gasteiger partial charge in [-0.25, -0.2) is 0 Å². The summed E-state index contributed by atoms with van der Waals surface area (Å²) in [5.74, 6) is 0. The highest BCUT2D eigenvalue weighted by atomic mass is 16.5. The van der Waals surface area contributed by atoms with E-state index in [0.717, 1.165) is 6.42 Å². The maximum absolute atomic E-state index is 9.30. The van der Waals surface area contributed by atoms with Crippen molar-refractivity contribution >= 4 is 0 Å². The standard InChI is InChI=1S/C6H12O3/c7-4-6(8)2-1-3-9-5-6/h7-8H,1-5H2. The van der Waals surface area contributed by atoms with Crippen molar-refractivity contribution in [3.05, 3.63) is 0 Å². The maximum Gasteiger partial charge on any atom is 0.111 e. The molecular weight excluding hydrogens is 120 g/mol. The van der Waals surface area contributed by atoms with Gasteiger partial charge in [0, 0.05) is 6.61 Å². The lowest BCUT2D eigenvalue weighted by atomic mass is 9.98. The Morgan fingerprint density at radius 2 is 2.33 bits per heavy atom. The predicted octanol–water partition coefficient (Wildman–Crippen LogP) is -0.480. The van der Waals surface area contributed by atoms with Gasteiger partial charge in [0.05, 0.1) is 13.2 Å². The number of aliphatic hydroxyl groups excluding tert-OH is 1. The van der Waals surface area contributed by atoms with E-state index < -0.39 is 5.60 Å². The third-order valence-electron chi connectivity index (χ3n) is 1.60. The topological polar surface area (TPSA) is 49.7 Å². The lowest BCUT2D eigenvalue weighted by Crippen LogP contribution is -2.41. The van der Waals surface area contributed by atoms with Gasteiger partial charge >= 0.3 is 0 Å². The molecular formula is C6H12O3. The molecule has 0 spiro atoms. The van der Waals surface area contributed by atoms with Crippen LogP contribution in [0.25, 0.3) is 0 Å². The third-order valence-corrected chi connectivity index (χ3v) is 1.60. The van der Waals surface area contributed by atoms with E-state index in [2.05, 4.69) is 0 Å². The summed E-state index contributed by atoms with van der Waals surface area (Å²) in [6.07, 6.45) is 1.50. The molecule has 0 aromatic heterocycles. The van der Waals surface area contributed by atoms with E-state index in [1.165, 1.54) is 0 Å². The Balaban J connectivity index is 2.37. The van der Waals surface area contributed by atoms with Crippen LogP contribution in [0.1, 0.15) is 12.8 Å². The first-order valence-corrected chi connectivity index (χ1v) is 3.18. The molecule has 0 bridgehead atoms. The Morgan fingerprint density at radius 3 is 2.67 bits per heavy atom. The van der Waals surface area contributed by atoms with Gasteiger partial charge in [-0.15, -0.1) is 0 Å². The van der Waals surface area contributed by atoms with Crippen LogP contribution in [-0.4, -0.2) is 35.6 Å². The second kappa shape index (κ2) is 2.64. The fraction of sp³-hybridized carbons (Fsp3) is 1.00. The minimum absolute atomic E-state index is 0.188. The fourth-order valence-corrected chi connectivity index (χ4v) is 0.962. The van der Waals surface area contributed by atoms with E-state index in [4.69, 9.17) is 9.84 Å². The van der Waals surface area contributed by atoms with Crippen molar-refractivity contribution in [3.63, 3.8) is 0 Å². The Bertz CT molecular complexity index is 86.3.